The predicted molar refractivity (Wildman–Crippen MR) is 123 cm³/mol. The maximum atomic E-state index is 12.0. The summed E-state index contributed by atoms with van der Waals surface area (Å²) < 4.78 is 12.0. The van der Waals surface area contributed by atoms with Gasteiger partial charge < -0.3 is 14.5 Å². The average Bonchev–Trinajstić information content (AvgIpc) is 3.25. The maximum absolute atomic E-state index is 12.0. The summed E-state index contributed by atoms with van der Waals surface area (Å²) in [4.78, 5) is 14.5. The van der Waals surface area contributed by atoms with Gasteiger partial charge in [0, 0.05) is 41.8 Å². The number of methoxy groups -OCH3 is 1. The van der Waals surface area contributed by atoms with E-state index in [0.717, 1.165) is 49.3 Å². The molecule has 0 spiro atoms. The predicted octanol–water partition coefficient (Wildman–Crippen LogP) is 5.09. The van der Waals surface area contributed by atoms with Gasteiger partial charge in [0.2, 0.25) is 0 Å². The number of thiophene rings is 1. The third-order valence-corrected chi connectivity index (χ3v) is 6.76. The third kappa shape index (κ3) is 3.80. The maximum Gasteiger partial charge on any atom is 0.338 e. The molecule has 0 atom stereocenters. The Bertz CT molecular complexity index is 1240. The number of anilines is 1. The molecule has 2 aromatic carbocycles. The molecule has 1 saturated heterocycles. The number of piperidine rings is 1. The first-order chi connectivity index (χ1) is 14.7. The lowest BCUT2D eigenvalue weighted by Gasteiger charge is -2.33. The zero-order chi connectivity index (χ0) is 20.5. The van der Waals surface area contributed by atoms with Crippen LogP contribution in [0.4, 0.5) is 5.69 Å². The van der Waals surface area contributed by atoms with E-state index in [-0.39, 0.29) is 5.63 Å². The highest BCUT2D eigenvalue weighted by Gasteiger charge is 2.21. The summed E-state index contributed by atoms with van der Waals surface area (Å²) in [6, 6.07) is 16.2. The lowest BCUT2D eigenvalue weighted by Crippen LogP contribution is -2.38. The van der Waals surface area contributed by atoms with Crippen molar-refractivity contribution in [2.45, 2.75) is 25.4 Å². The van der Waals surface area contributed by atoms with Crippen LogP contribution < -0.4 is 15.7 Å². The second-order valence-electron chi connectivity index (χ2n) is 7.79. The van der Waals surface area contributed by atoms with Crippen molar-refractivity contribution in [1.29, 1.82) is 0 Å². The fourth-order valence-corrected chi connectivity index (χ4v) is 5.11. The molecule has 0 radical (unpaired) electrons. The molecule has 1 aliphatic rings. The number of fused-ring (bicyclic) bond motifs is 2. The molecule has 0 aliphatic carbocycles. The quantitative estimate of drug-likeness (QED) is 0.456. The van der Waals surface area contributed by atoms with Gasteiger partial charge >= 0.3 is 5.63 Å². The lowest BCUT2D eigenvalue weighted by atomic mass is 10.0. The fourth-order valence-electron chi connectivity index (χ4n) is 4.28. The molecule has 0 bridgehead atoms. The van der Waals surface area contributed by atoms with Crippen LogP contribution in [0.15, 0.2) is 63.1 Å². The molecule has 0 saturated carbocycles. The van der Waals surface area contributed by atoms with Crippen molar-refractivity contribution in [2.75, 3.05) is 25.5 Å². The van der Waals surface area contributed by atoms with Gasteiger partial charge in [-0.1, -0.05) is 12.1 Å². The number of ether oxygens (including phenoxy) is 1. The first-order valence-electron chi connectivity index (χ1n) is 10.3. The molecular formula is C24H24N2O3S. The van der Waals surface area contributed by atoms with E-state index >= 15 is 0 Å². The molecule has 2 aromatic heterocycles. The van der Waals surface area contributed by atoms with Gasteiger partial charge in [-0.05, 0) is 59.5 Å². The Kier molecular flexibility index (Phi) is 5.19. The Balaban J connectivity index is 1.28. The molecule has 0 amide bonds. The van der Waals surface area contributed by atoms with Gasteiger partial charge in [0.15, 0.2) is 0 Å². The molecular weight excluding hydrogens is 396 g/mol. The second-order valence-corrected chi connectivity index (χ2v) is 8.73. The highest BCUT2D eigenvalue weighted by molar-refractivity contribution is 7.17. The summed E-state index contributed by atoms with van der Waals surface area (Å²) in [7, 11) is 1.64. The summed E-state index contributed by atoms with van der Waals surface area (Å²) in [5.41, 5.74) is 2.46. The monoisotopic (exact) mass is 420 g/mol. The first-order valence-corrected chi connectivity index (χ1v) is 11.1. The van der Waals surface area contributed by atoms with Crippen molar-refractivity contribution >= 4 is 38.1 Å². The zero-order valence-electron chi connectivity index (χ0n) is 16.9. The zero-order valence-corrected chi connectivity index (χ0v) is 17.7. The molecule has 30 heavy (non-hydrogen) atoms. The molecule has 154 valence electrons. The van der Waals surface area contributed by atoms with E-state index in [2.05, 4.69) is 39.9 Å². The average molecular weight is 421 g/mol. The summed E-state index contributed by atoms with van der Waals surface area (Å²) in [6.45, 7) is 3.04. The first kappa shape index (κ1) is 19.2. The van der Waals surface area contributed by atoms with Crippen molar-refractivity contribution in [2.24, 2.45) is 0 Å². The van der Waals surface area contributed by atoms with Crippen LogP contribution in [0.1, 0.15) is 18.4 Å². The van der Waals surface area contributed by atoms with Gasteiger partial charge in [-0.15, -0.1) is 11.3 Å². The molecule has 0 unspecified atom stereocenters. The summed E-state index contributed by atoms with van der Waals surface area (Å²) in [6.07, 6.45) is 2.07. The number of benzene rings is 2. The van der Waals surface area contributed by atoms with Crippen LogP contribution >= 0.6 is 11.3 Å². The van der Waals surface area contributed by atoms with E-state index in [9.17, 15) is 4.79 Å². The van der Waals surface area contributed by atoms with Crippen molar-refractivity contribution < 1.29 is 9.15 Å². The Morgan fingerprint density at radius 2 is 2.00 bits per heavy atom. The van der Waals surface area contributed by atoms with Crippen molar-refractivity contribution in [1.82, 2.24) is 4.90 Å². The van der Waals surface area contributed by atoms with Crippen LogP contribution in [0.5, 0.6) is 5.75 Å². The van der Waals surface area contributed by atoms with Gasteiger partial charge in [0.05, 0.1) is 12.8 Å². The number of nitrogens with zero attached hydrogens (tertiary/aromatic N) is 1. The molecule has 1 aliphatic heterocycles. The highest BCUT2D eigenvalue weighted by atomic mass is 32.1. The Hall–Kier alpha value is -2.83. The standard InChI is InChI=1S/C24H24N2O3S/c1-28-18-5-6-22-20(13-18)21(14-24(27)29-22)25-17-7-10-26(11-8-17)15-16-3-2-4-23-19(16)9-12-30-23/h2-6,9,12-14,17,25H,7-8,10-11,15H2,1H3. The van der Waals surface area contributed by atoms with E-state index in [4.69, 9.17) is 9.15 Å². The summed E-state index contributed by atoms with van der Waals surface area (Å²) in [5, 5.41) is 8.00. The minimum atomic E-state index is -0.337. The van der Waals surface area contributed by atoms with Crippen molar-refractivity contribution in [3.8, 4) is 5.75 Å². The Morgan fingerprint density at radius 3 is 2.83 bits per heavy atom. The molecule has 5 rings (SSSR count). The van der Waals surface area contributed by atoms with E-state index in [1.807, 2.05) is 12.1 Å². The van der Waals surface area contributed by atoms with Crippen molar-refractivity contribution in [3.05, 3.63) is 69.9 Å². The van der Waals surface area contributed by atoms with Gasteiger partial charge in [-0.3, -0.25) is 4.90 Å². The second kappa shape index (κ2) is 8.13. The molecule has 1 fully saturated rings. The molecule has 4 aromatic rings. The van der Waals surface area contributed by atoms with E-state index < -0.39 is 0 Å². The normalized spacial score (nSPS) is 15.6. The van der Waals surface area contributed by atoms with E-state index in [1.165, 1.54) is 15.6 Å². The fraction of sp³-hybridized carbons (Fsp3) is 0.292. The summed E-state index contributed by atoms with van der Waals surface area (Å²) in [5.74, 6) is 0.747. The number of hydrogen-bond acceptors (Lipinski definition) is 6. The van der Waals surface area contributed by atoms with Crippen LogP contribution in [-0.2, 0) is 6.54 Å². The van der Waals surface area contributed by atoms with E-state index in [1.54, 1.807) is 30.6 Å². The smallest absolute Gasteiger partial charge is 0.338 e. The van der Waals surface area contributed by atoms with Crippen LogP contribution in [0.3, 0.4) is 0 Å². The number of likely N-dealkylation sites (tertiary alicyclic amines) is 1. The SMILES string of the molecule is COc1ccc2oc(=O)cc(NC3CCN(Cc4cccc5sccc45)CC3)c2c1. The van der Waals surface area contributed by atoms with Crippen LogP contribution in [0.25, 0.3) is 21.1 Å². The van der Waals surface area contributed by atoms with Gasteiger partial charge in [0.25, 0.3) is 0 Å². The topological polar surface area (TPSA) is 54.7 Å². The molecule has 1 N–H and O–H groups in total. The number of rotatable bonds is 5. The Labute approximate surface area is 178 Å². The number of nitrogens with one attached hydrogen (secondary N) is 1. The third-order valence-electron chi connectivity index (χ3n) is 5.88. The van der Waals surface area contributed by atoms with Gasteiger partial charge in [-0.25, -0.2) is 4.79 Å². The van der Waals surface area contributed by atoms with Gasteiger partial charge in [-0.2, -0.15) is 0 Å². The number of hydrogen-bond donors (Lipinski definition) is 1. The van der Waals surface area contributed by atoms with Crippen LogP contribution in [0.2, 0.25) is 0 Å². The van der Waals surface area contributed by atoms with Crippen LogP contribution in [-0.4, -0.2) is 31.1 Å². The lowest BCUT2D eigenvalue weighted by molar-refractivity contribution is 0.212. The minimum absolute atomic E-state index is 0.328. The largest absolute Gasteiger partial charge is 0.497 e. The minimum Gasteiger partial charge on any atom is -0.497 e. The van der Waals surface area contributed by atoms with Gasteiger partial charge in [0.1, 0.15) is 11.3 Å². The van der Waals surface area contributed by atoms with E-state index in [0.29, 0.717) is 11.6 Å². The van der Waals surface area contributed by atoms with Crippen LogP contribution in [0, 0.1) is 0 Å². The van der Waals surface area contributed by atoms with Crippen molar-refractivity contribution in [3.63, 3.8) is 0 Å². The highest BCUT2D eigenvalue weighted by Crippen LogP contribution is 2.29. The Morgan fingerprint density at radius 1 is 1.13 bits per heavy atom. The molecule has 3 heterocycles. The molecule has 5 nitrogen and oxygen atoms in total. The summed E-state index contributed by atoms with van der Waals surface area (Å²) >= 11 is 1.80. The molecule has 6 heteroatoms.